The highest BCUT2D eigenvalue weighted by Gasteiger charge is 2.06. The zero-order valence-electron chi connectivity index (χ0n) is 9.23. The molecule has 0 bridgehead atoms. The zero-order valence-corrected chi connectivity index (χ0v) is 10.8. The highest BCUT2D eigenvalue weighted by molar-refractivity contribution is 9.10. The molecule has 0 amide bonds. The van der Waals surface area contributed by atoms with Crippen LogP contribution in [0.15, 0.2) is 46.9 Å². The van der Waals surface area contributed by atoms with Crippen LogP contribution in [0.4, 0.5) is 4.39 Å². The van der Waals surface area contributed by atoms with Gasteiger partial charge in [-0.15, -0.1) is 0 Å². The molecule has 4 heteroatoms. The Kier molecular flexibility index (Phi) is 3.96. The lowest BCUT2D eigenvalue weighted by Gasteiger charge is -2.07. The van der Waals surface area contributed by atoms with Crippen LogP contribution in [0.1, 0.15) is 5.56 Å². The highest BCUT2D eigenvalue weighted by Crippen LogP contribution is 2.27. The van der Waals surface area contributed by atoms with Gasteiger partial charge in [0.05, 0.1) is 12.5 Å². The number of nitriles is 1. The van der Waals surface area contributed by atoms with Crippen molar-refractivity contribution < 1.29 is 9.13 Å². The SMILES string of the molecule is N#C[CH]c1ccc(F)c(Oc2ccc(Br)cc2)c1. The van der Waals surface area contributed by atoms with E-state index in [1.807, 2.05) is 6.07 Å². The Bertz CT molecular complexity index is 590. The number of rotatable bonds is 3. The molecule has 0 N–H and O–H groups in total. The molecule has 2 aromatic carbocycles. The molecule has 2 nitrogen and oxygen atoms in total. The molecule has 0 aliphatic carbocycles. The average molecular weight is 305 g/mol. The highest BCUT2D eigenvalue weighted by atomic mass is 79.9. The molecule has 0 fully saturated rings. The van der Waals surface area contributed by atoms with Crippen molar-refractivity contribution in [1.82, 2.24) is 0 Å². The summed E-state index contributed by atoms with van der Waals surface area (Å²) in [5.74, 6) is 0.167. The third kappa shape index (κ3) is 3.08. The van der Waals surface area contributed by atoms with E-state index in [2.05, 4.69) is 15.9 Å². The Hall–Kier alpha value is -1.86. The van der Waals surface area contributed by atoms with Crippen LogP contribution in [0.5, 0.6) is 11.5 Å². The first kappa shape index (κ1) is 12.6. The lowest BCUT2D eigenvalue weighted by Crippen LogP contribution is -1.90. The second-order valence-electron chi connectivity index (χ2n) is 3.52. The van der Waals surface area contributed by atoms with Gasteiger partial charge in [-0.3, -0.25) is 0 Å². The summed E-state index contributed by atoms with van der Waals surface area (Å²) in [5, 5.41) is 8.55. The van der Waals surface area contributed by atoms with Crippen LogP contribution in [0.2, 0.25) is 0 Å². The van der Waals surface area contributed by atoms with Gasteiger partial charge in [0.15, 0.2) is 11.6 Å². The summed E-state index contributed by atoms with van der Waals surface area (Å²) in [4.78, 5) is 0. The molecule has 0 aliphatic heterocycles. The quantitative estimate of drug-likeness (QED) is 0.839. The Morgan fingerprint density at radius 1 is 1.17 bits per heavy atom. The van der Waals surface area contributed by atoms with Crippen LogP contribution >= 0.6 is 15.9 Å². The molecule has 1 radical (unpaired) electrons. The molecule has 0 unspecified atom stereocenters. The summed E-state index contributed by atoms with van der Waals surface area (Å²) in [7, 11) is 0. The fourth-order valence-corrected chi connectivity index (χ4v) is 1.66. The van der Waals surface area contributed by atoms with E-state index >= 15 is 0 Å². The molecule has 89 valence electrons. The van der Waals surface area contributed by atoms with Crippen LogP contribution in [0.3, 0.4) is 0 Å². The standard InChI is InChI=1S/C14H8BrFNO/c15-11-2-4-12(5-3-11)18-14-9-10(7-8-17)1-6-13(14)16/h1-7,9H. The number of ether oxygens (including phenoxy) is 1. The number of hydrogen-bond acceptors (Lipinski definition) is 2. The van der Waals surface area contributed by atoms with Gasteiger partial charge in [0.25, 0.3) is 0 Å². The van der Waals surface area contributed by atoms with Crippen molar-refractivity contribution in [2.75, 3.05) is 0 Å². The molecule has 0 aliphatic rings. The van der Waals surface area contributed by atoms with Gasteiger partial charge in [-0.1, -0.05) is 22.0 Å². The summed E-state index contributed by atoms with van der Waals surface area (Å²) in [6.45, 7) is 0. The molecule has 0 atom stereocenters. The predicted octanol–water partition coefficient (Wildman–Crippen LogP) is 4.46. The van der Waals surface area contributed by atoms with Crippen LogP contribution < -0.4 is 4.74 Å². The molecule has 0 spiro atoms. The van der Waals surface area contributed by atoms with Gasteiger partial charge in [0, 0.05) is 4.47 Å². The van der Waals surface area contributed by atoms with Crippen LogP contribution in [-0.2, 0) is 0 Å². The molecule has 0 saturated carbocycles. The van der Waals surface area contributed by atoms with E-state index < -0.39 is 5.82 Å². The lowest BCUT2D eigenvalue weighted by atomic mass is 10.1. The third-order valence-corrected chi connectivity index (χ3v) is 2.76. The van der Waals surface area contributed by atoms with Crippen LogP contribution in [-0.4, -0.2) is 0 Å². The summed E-state index contributed by atoms with van der Waals surface area (Å²) < 4.78 is 19.9. The summed E-state index contributed by atoms with van der Waals surface area (Å²) >= 11 is 3.31. The minimum absolute atomic E-state index is 0.0984. The smallest absolute Gasteiger partial charge is 0.165 e. The largest absolute Gasteiger partial charge is 0.454 e. The first-order valence-electron chi connectivity index (χ1n) is 5.15. The first-order chi connectivity index (χ1) is 8.69. The second-order valence-corrected chi connectivity index (χ2v) is 4.43. The zero-order chi connectivity index (χ0) is 13.0. The molecule has 18 heavy (non-hydrogen) atoms. The fourth-order valence-electron chi connectivity index (χ4n) is 1.39. The molecular formula is C14H8BrFNO. The maximum atomic E-state index is 13.5. The van der Waals surface area contributed by atoms with Gasteiger partial charge in [-0.05, 0) is 42.0 Å². The van der Waals surface area contributed by atoms with Crippen LogP contribution in [0.25, 0.3) is 0 Å². The lowest BCUT2D eigenvalue weighted by molar-refractivity contribution is 0.442. The van der Waals surface area contributed by atoms with E-state index in [9.17, 15) is 4.39 Å². The summed E-state index contributed by atoms with van der Waals surface area (Å²) in [5.41, 5.74) is 0.603. The van der Waals surface area contributed by atoms with Crippen molar-refractivity contribution in [2.24, 2.45) is 0 Å². The van der Waals surface area contributed by atoms with Crippen molar-refractivity contribution in [3.8, 4) is 17.6 Å². The average Bonchev–Trinajstić information content (AvgIpc) is 2.36. The van der Waals surface area contributed by atoms with Crippen molar-refractivity contribution in [3.63, 3.8) is 0 Å². The minimum atomic E-state index is -0.465. The number of hydrogen-bond donors (Lipinski definition) is 0. The minimum Gasteiger partial charge on any atom is -0.454 e. The topological polar surface area (TPSA) is 33.0 Å². The number of halogens is 2. The van der Waals surface area contributed by atoms with E-state index in [4.69, 9.17) is 10.00 Å². The van der Waals surface area contributed by atoms with Gasteiger partial charge in [-0.2, -0.15) is 5.26 Å². The van der Waals surface area contributed by atoms with E-state index in [0.717, 1.165) is 4.47 Å². The summed E-state index contributed by atoms with van der Waals surface area (Å²) in [6, 6.07) is 13.2. The van der Waals surface area contributed by atoms with Gasteiger partial charge in [-0.25, -0.2) is 4.39 Å². The van der Waals surface area contributed by atoms with Gasteiger partial charge in [0.1, 0.15) is 5.75 Å². The number of benzene rings is 2. The monoisotopic (exact) mass is 304 g/mol. The predicted molar refractivity (Wildman–Crippen MR) is 69.6 cm³/mol. The molecule has 0 aromatic heterocycles. The summed E-state index contributed by atoms with van der Waals surface area (Å²) in [6.07, 6.45) is 1.33. The molecule has 2 rings (SSSR count). The van der Waals surface area contributed by atoms with Crippen molar-refractivity contribution in [3.05, 3.63) is 64.7 Å². The van der Waals surface area contributed by atoms with Crippen molar-refractivity contribution in [2.45, 2.75) is 0 Å². The molecular weight excluding hydrogens is 297 g/mol. The second kappa shape index (κ2) is 5.65. The van der Waals surface area contributed by atoms with E-state index in [1.54, 1.807) is 24.3 Å². The molecule has 0 saturated heterocycles. The fraction of sp³-hybridized carbons (Fsp3) is 0. The van der Waals surface area contributed by atoms with Crippen LogP contribution in [0, 0.1) is 23.6 Å². The Labute approximate surface area is 113 Å². The molecule has 2 aromatic rings. The molecule has 0 heterocycles. The Morgan fingerprint density at radius 2 is 1.89 bits per heavy atom. The maximum absolute atomic E-state index is 13.5. The van der Waals surface area contributed by atoms with E-state index in [0.29, 0.717) is 11.3 Å². The normalized spacial score (nSPS) is 9.83. The van der Waals surface area contributed by atoms with E-state index in [-0.39, 0.29) is 5.75 Å². The van der Waals surface area contributed by atoms with Crippen molar-refractivity contribution in [1.29, 1.82) is 5.26 Å². The van der Waals surface area contributed by atoms with Crippen molar-refractivity contribution >= 4 is 15.9 Å². The Morgan fingerprint density at radius 3 is 2.56 bits per heavy atom. The van der Waals surface area contributed by atoms with Gasteiger partial charge >= 0.3 is 0 Å². The number of nitrogens with zero attached hydrogens (tertiary/aromatic N) is 1. The maximum Gasteiger partial charge on any atom is 0.165 e. The van der Waals surface area contributed by atoms with Gasteiger partial charge < -0.3 is 4.74 Å². The first-order valence-corrected chi connectivity index (χ1v) is 5.94. The third-order valence-electron chi connectivity index (χ3n) is 2.23. The Balaban J connectivity index is 2.25. The van der Waals surface area contributed by atoms with E-state index in [1.165, 1.54) is 24.6 Å². The van der Waals surface area contributed by atoms with Gasteiger partial charge in [0.2, 0.25) is 0 Å².